The van der Waals surface area contributed by atoms with Crippen molar-refractivity contribution in [2.45, 2.75) is 12.4 Å². The van der Waals surface area contributed by atoms with E-state index in [1.54, 1.807) is 24.3 Å². The number of hydrogen-bond donors (Lipinski definition) is 0. The summed E-state index contributed by atoms with van der Waals surface area (Å²) in [5.74, 6) is -5.19. The van der Waals surface area contributed by atoms with Crippen LogP contribution in [0.1, 0.15) is 19.3 Å². The van der Waals surface area contributed by atoms with Crippen molar-refractivity contribution in [2.24, 2.45) is 0 Å². The Morgan fingerprint density at radius 3 is 2.11 bits per heavy atom. The maximum absolute atomic E-state index is 13.0. The number of quaternary nitrogens is 1. The van der Waals surface area contributed by atoms with Crippen LogP contribution in [0.5, 0.6) is 0 Å². The van der Waals surface area contributed by atoms with Gasteiger partial charge >= 0.3 is 18.3 Å². The molecule has 0 radical (unpaired) electrons. The number of pyridine rings is 1. The molecule has 14 heteroatoms. The predicted molar refractivity (Wildman–Crippen MR) is 116 cm³/mol. The second kappa shape index (κ2) is 9.17. The van der Waals surface area contributed by atoms with Gasteiger partial charge in [0, 0.05) is 17.6 Å². The molecule has 0 N–H and O–H groups in total. The second-order valence-electron chi connectivity index (χ2n) is 7.89. The fourth-order valence-electron chi connectivity index (χ4n) is 3.73. The van der Waals surface area contributed by atoms with E-state index in [0.29, 0.717) is 22.1 Å². The highest BCUT2D eigenvalue weighted by atomic mass is 32.1. The lowest BCUT2D eigenvalue weighted by Gasteiger charge is -2.39. The summed E-state index contributed by atoms with van der Waals surface area (Å²) in [6, 6.07) is 10.4. The molecule has 0 saturated carbocycles. The molecule has 3 aromatic rings. The number of amides is 1. The van der Waals surface area contributed by atoms with Crippen LogP contribution in [0.2, 0.25) is 0 Å². The van der Waals surface area contributed by atoms with E-state index in [-0.39, 0.29) is 36.9 Å². The number of carbonyl (C=O) groups is 3. The molecule has 7 nitrogen and oxygen atoms in total. The van der Waals surface area contributed by atoms with Crippen LogP contribution < -0.4 is 4.65 Å². The lowest BCUT2D eigenvalue weighted by molar-refractivity contribution is -0.238. The van der Waals surface area contributed by atoms with Gasteiger partial charge in [-0.2, -0.15) is 26.3 Å². The van der Waals surface area contributed by atoms with Crippen LogP contribution in [-0.4, -0.2) is 66.1 Å². The largest absolute Gasteiger partial charge is 0.497 e. The van der Waals surface area contributed by atoms with Gasteiger partial charge in [0.1, 0.15) is 13.1 Å². The molecule has 2 aromatic heterocycles. The van der Waals surface area contributed by atoms with E-state index in [4.69, 9.17) is 4.84 Å². The van der Waals surface area contributed by atoms with E-state index in [2.05, 4.69) is 4.98 Å². The van der Waals surface area contributed by atoms with E-state index in [1.807, 2.05) is 0 Å². The normalized spacial score (nSPS) is 16.1. The SMILES string of the molecule is O=C(c1ccc(C(=O)C(F)(F)F)s1)N1CC[N+](OC(=O)C(F)(F)F)(c2cc3ccccc3cn2)CC1. The highest BCUT2D eigenvalue weighted by molar-refractivity contribution is 7.16. The molecular formula is C22H16F6N3O4S+. The minimum atomic E-state index is -5.27. The molecule has 190 valence electrons. The standard InChI is InChI=1S/C22H16F6N3O4S/c23-21(24,25)18(32)15-5-6-16(36-15)19(33)30-7-9-31(10-8-30,35-20(34)22(26,27)28)17-11-13-3-1-2-4-14(13)12-29-17/h1-6,11-12H,7-10H2/q+1. The number of rotatable bonds is 4. The fraction of sp³-hybridized carbons (Fsp3) is 0.273. The Morgan fingerprint density at radius 2 is 1.50 bits per heavy atom. The number of fused-ring (bicyclic) bond motifs is 1. The zero-order chi connectivity index (χ0) is 26.3. The zero-order valence-corrected chi connectivity index (χ0v) is 18.9. The number of ketones is 1. The molecule has 1 aliphatic heterocycles. The molecule has 36 heavy (non-hydrogen) atoms. The van der Waals surface area contributed by atoms with E-state index >= 15 is 0 Å². The number of halogens is 6. The van der Waals surface area contributed by atoms with Crippen molar-refractivity contribution in [3.05, 3.63) is 58.4 Å². The van der Waals surface area contributed by atoms with Gasteiger partial charge in [-0.1, -0.05) is 28.9 Å². The number of carbonyl (C=O) groups excluding carboxylic acids is 3. The lowest BCUT2D eigenvalue weighted by Crippen LogP contribution is -2.63. The summed E-state index contributed by atoms with van der Waals surface area (Å²) >= 11 is 0.369. The van der Waals surface area contributed by atoms with Crippen molar-refractivity contribution >= 4 is 45.6 Å². The van der Waals surface area contributed by atoms with Gasteiger partial charge in [-0.3, -0.25) is 14.4 Å². The number of piperazine rings is 1. The quantitative estimate of drug-likeness (QED) is 0.281. The Morgan fingerprint density at radius 1 is 0.889 bits per heavy atom. The Bertz CT molecular complexity index is 1330. The number of aromatic nitrogens is 1. The molecule has 0 unspecified atom stereocenters. The smallest absolute Gasteiger partial charge is 0.326 e. The summed E-state index contributed by atoms with van der Waals surface area (Å²) in [6.07, 6.45) is -8.94. The minimum absolute atomic E-state index is 0.0209. The molecule has 0 atom stereocenters. The van der Waals surface area contributed by atoms with Gasteiger partial charge in [0.2, 0.25) is 0 Å². The number of nitrogens with zero attached hydrogens (tertiary/aromatic N) is 3. The molecule has 1 aliphatic rings. The molecule has 1 saturated heterocycles. The summed E-state index contributed by atoms with van der Waals surface area (Å²) < 4.78 is 76.2. The molecular weight excluding hydrogens is 516 g/mol. The number of Topliss-reactive ketones (excluding diaryl/α,β-unsaturated/α-hetero) is 1. The van der Waals surface area contributed by atoms with Crippen molar-refractivity contribution in [3.63, 3.8) is 0 Å². The molecule has 3 heterocycles. The van der Waals surface area contributed by atoms with E-state index in [1.165, 1.54) is 17.2 Å². The van der Waals surface area contributed by atoms with E-state index in [0.717, 1.165) is 12.1 Å². The van der Waals surface area contributed by atoms with Crippen molar-refractivity contribution in [2.75, 3.05) is 26.2 Å². The van der Waals surface area contributed by atoms with Crippen LogP contribution in [0.15, 0.2) is 48.7 Å². The topological polar surface area (TPSA) is 76.6 Å². The number of hydroxylamine groups is 2. The third-order valence-electron chi connectivity index (χ3n) is 5.57. The van der Waals surface area contributed by atoms with Crippen LogP contribution in [0.3, 0.4) is 0 Å². The molecule has 0 bridgehead atoms. The molecule has 1 amide bonds. The predicted octanol–water partition coefficient (Wildman–Crippen LogP) is 4.53. The van der Waals surface area contributed by atoms with Crippen LogP contribution in [-0.2, 0) is 9.63 Å². The van der Waals surface area contributed by atoms with Crippen molar-refractivity contribution < 1.29 is 45.6 Å². The summed E-state index contributed by atoms with van der Waals surface area (Å²) in [4.78, 5) is 45.5. The minimum Gasteiger partial charge on any atom is -0.326 e. The van der Waals surface area contributed by atoms with Crippen molar-refractivity contribution in [1.29, 1.82) is 0 Å². The molecule has 1 aromatic carbocycles. The van der Waals surface area contributed by atoms with Crippen LogP contribution in [0.25, 0.3) is 10.8 Å². The first-order valence-electron chi connectivity index (χ1n) is 10.3. The van der Waals surface area contributed by atoms with Gasteiger partial charge in [0.05, 0.1) is 22.8 Å². The molecule has 0 aliphatic carbocycles. The average Bonchev–Trinajstić information content (AvgIpc) is 3.32. The number of alkyl halides is 6. The number of benzene rings is 1. The summed E-state index contributed by atoms with van der Waals surface area (Å²) in [7, 11) is 0. The van der Waals surface area contributed by atoms with Crippen molar-refractivity contribution in [1.82, 2.24) is 14.5 Å². The van der Waals surface area contributed by atoms with Crippen LogP contribution >= 0.6 is 11.3 Å². The second-order valence-corrected chi connectivity index (χ2v) is 8.97. The average molecular weight is 532 g/mol. The third-order valence-corrected chi connectivity index (χ3v) is 6.64. The molecule has 0 spiro atoms. The maximum Gasteiger partial charge on any atom is 0.497 e. The lowest BCUT2D eigenvalue weighted by atomic mass is 10.1. The van der Waals surface area contributed by atoms with Crippen LogP contribution in [0, 0.1) is 0 Å². The Hall–Kier alpha value is -3.52. The highest BCUT2D eigenvalue weighted by Crippen LogP contribution is 2.32. The maximum atomic E-state index is 13.0. The van der Waals surface area contributed by atoms with Gasteiger partial charge in [0.25, 0.3) is 17.5 Å². The van der Waals surface area contributed by atoms with E-state index in [9.17, 15) is 40.7 Å². The first kappa shape index (κ1) is 25.6. The monoisotopic (exact) mass is 532 g/mol. The third kappa shape index (κ3) is 5.04. The van der Waals surface area contributed by atoms with Crippen molar-refractivity contribution in [3.8, 4) is 0 Å². The summed E-state index contributed by atoms with van der Waals surface area (Å²) in [5.41, 5.74) is 0. The zero-order valence-electron chi connectivity index (χ0n) is 18.1. The molecule has 1 fully saturated rings. The Balaban J connectivity index is 1.58. The summed E-state index contributed by atoms with van der Waals surface area (Å²) in [6.45, 7) is -0.977. The highest BCUT2D eigenvalue weighted by Gasteiger charge is 2.51. The van der Waals surface area contributed by atoms with Gasteiger partial charge in [-0.15, -0.1) is 11.3 Å². The Kier molecular flexibility index (Phi) is 6.51. The van der Waals surface area contributed by atoms with E-state index < -0.39 is 39.5 Å². The van der Waals surface area contributed by atoms with Crippen LogP contribution in [0.4, 0.5) is 32.2 Å². The molecule has 4 rings (SSSR count). The number of thiophene rings is 1. The van der Waals surface area contributed by atoms with Gasteiger partial charge in [-0.25, -0.2) is 9.78 Å². The summed E-state index contributed by atoms with van der Waals surface area (Å²) in [5, 5.41) is 1.35. The van der Waals surface area contributed by atoms with Gasteiger partial charge in [-0.05, 0) is 17.5 Å². The Labute approximate surface area is 203 Å². The first-order chi connectivity index (χ1) is 16.8. The van der Waals surface area contributed by atoms with Gasteiger partial charge < -0.3 is 4.90 Å². The van der Waals surface area contributed by atoms with Gasteiger partial charge in [0.15, 0.2) is 0 Å². The fourth-order valence-corrected chi connectivity index (χ4v) is 4.67. The number of hydrogen-bond acceptors (Lipinski definition) is 6. The first-order valence-corrected chi connectivity index (χ1v) is 11.2.